The number of carbonyl (C=O) groups is 2. The summed E-state index contributed by atoms with van der Waals surface area (Å²) in [5.74, 6) is -0.854. The van der Waals surface area contributed by atoms with Crippen molar-refractivity contribution in [2.24, 2.45) is 11.8 Å². The summed E-state index contributed by atoms with van der Waals surface area (Å²) in [6, 6.07) is 0. The minimum Gasteiger partial charge on any atom is -0.296 e. The second kappa shape index (κ2) is 2.30. The molecule has 3 nitrogen and oxygen atoms in total. The topological polar surface area (TPSA) is 46.2 Å². The third-order valence-corrected chi connectivity index (χ3v) is 2.39. The molecule has 1 fully saturated rings. The number of hydrogen-bond donors (Lipinski definition) is 1. The zero-order valence-electron chi connectivity index (χ0n) is 6.54. The van der Waals surface area contributed by atoms with Crippen molar-refractivity contribution in [2.45, 2.75) is 6.42 Å². The standard InChI is InChI=1S/C9H9NO2/c1-5-3-2-4-6-7(5)9(12)10-8(6)11/h2-3,6-7H,1,4H2,(H,10,11,12). The van der Waals surface area contributed by atoms with Gasteiger partial charge in [-0.05, 0) is 12.0 Å². The first kappa shape index (κ1) is 7.28. The summed E-state index contributed by atoms with van der Waals surface area (Å²) in [6.07, 6.45) is 4.36. The van der Waals surface area contributed by atoms with E-state index in [2.05, 4.69) is 11.9 Å². The molecule has 0 saturated carbocycles. The van der Waals surface area contributed by atoms with Gasteiger partial charge in [0.05, 0.1) is 11.8 Å². The van der Waals surface area contributed by atoms with Crippen LogP contribution in [0.15, 0.2) is 24.3 Å². The van der Waals surface area contributed by atoms with Crippen molar-refractivity contribution < 1.29 is 9.59 Å². The second-order valence-electron chi connectivity index (χ2n) is 3.15. The van der Waals surface area contributed by atoms with Gasteiger partial charge in [-0.25, -0.2) is 0 Å². The maximum Gasteiger partial charge on any atom is 0.234 e. The molecule has 2 amide bonds. The third kappa shape index (κ3) is 0.826. The Balaban J connectivity index is 2.39. The van der Waals surface area contributed by atoms with Crippen molar-refractivity contribution in [3.63, 3.8) is 0 Å². The van der Waals surface area contributed by atoms with E-state index in [0.717, 1.165) is 5.57 Å². The van der Waals surface area contributed by atoms with Gasteiger partial charge in [0.25, 0.3) is 0 Å². The first-order valence-electron chi connectivity index (χ1n) is 3.90. The van der Waals surface area contributed by atoms with Gasteiger partial charge in [0.15, 0.2) is 0 Å². The molecule has 0 radical (unpaired) electrons. The van der Waals surface area contributed by atoms with Crippen molar-refractivity contribution in [1.82, 2.24) is 5.32 Å². The zero-order chi connectivity index (χ0) is 8.72. The third-order valence-electron chi connectivity index (χ3n) is 2.39. The molecule has 12 heavy (non-hydrogen) atoms. The van der Waals surface area contributed by atoms with Crippen LogP contribution >= 0.6 is 0 Å². The van der Waals surface area contributed by atoms with Crippen LogP contribution in [0, 0.1) is 11.8 Å². The Morgan fingerprint density at radius 2 is 2.17 bits per heavy atom. The van der Waals surface area contributed by atoms with Crippen molar-refractivity contribution in [3.05, 3.63) is 24.3 Å². The highest BCUT2D eigenvalue weighted by Gasteiger charge is 2.42. The van der Waals surface area contributed by atoms with Gasteiger partial charge in [-0.3, -0.25) is 14.9 Å². The number of nitrogens with one attached hydrogen (secondary N) is 1. The molecule has 0 aromatic rings. The molecule has 1 aliphatic heterocycles. The first-order chi connectivity index (χ1) is 5.70. The second-order valence-corrected chi connectivity index (χ2v) is 3.15. The molecule has 1 aliphatic carbocycles. The lowest BCUT2D eigenvalue weighted by Gasteiger charge is -2.17. The van der Waals surface area contributed by atoms with E-state index in [0.29, 0.717) is 6.42 Å². The lowest BCUT2D eigenvalue weighted by molar-refractivity contribution is -0.125. The average Bonchev–Trinajstić information content (AvgIpc) is 2.29. The summed E-state index contributed by atoms with van der Waals surface area (Å²) >= 11 is 0. The van der Waals surface area contributed by atoms with Crippen molar-refractivity contribution in [3.8, 4) is 0 Å². The van der Waals surface area contributed by atoms with E-state index in [1.165, 1.54) is 0 Å². The van der Waals surface area contributed by atoms with Crippen LogP contribution in [-0.2, 0) is 9.59 Å². The van der Waals surface area contributed by atoms with Crippen LogP contribution in [0.1, 0.15) is 6.42 Å². The van der Waals surface area contributed by atoms with Gasteiger partial charge in [0.1, 0.15) is 0 Å². The number of fused-ring (bicyclic) bond motifs is 1. The van der Waals surface area contributed by atoms with Crippen LogP contribution in [0.5, 0.6) is 0 Å². The molecule has 0 aromatic carbocycles. The predicted octanol–water partition coefficient (Wildman–Crippen LogP) is 0.391. The number of carbonyl (C=O) groups excluding carboxylic acids is 2. The monoisotopic (exact) mass is 163 g/mol. The van der Waals surface area contributed by atoms with Crippen LogP contribution in [-0.4, -0.2) is 11.8 Å². The van der Waals surface area contributed by atoms with Crippen molar-refractivity contribution in [1.29, 1.82) is 0 Å². The molecule has 2 rings (SSSR count). The van der Waals surface area contributed by atoms with Gasteiger partial charge < -0.3 is 0 Å². The van der Waals surface area contributed by atoms with E-state index >= 15 is 0 Å². The molecule has 0 aromatic heterocycles. The molecule has 3 heteroatoms. The Morgan fingerprint density at radius 1 is 1.42 bits per heavy atom. The summed E-state index contributed by atoms with van der Waals surface area (Å²) in [6.45, 7) is 3.74. The number of imide groups is 1. The van der Waals surface area contributed by atoms with Gasteiger partial charge in [-0.1, -0.05) is 18.7 Å². The smallest absolute Gasteiger partial charge is 0.234 e. The highest BCUT2D eigenvalue weighted by Crippen LogP contribution is 2.32. The SMILES string of the molecule is C=C1C=CCC2C(=O)NC(=O)C12. The quantitative estimate of drug-likeness (QED) is 0.525. The van der Waals surface area contributed by atoms with Crippen molar-refractivity contribution in [2.75, 3.05) is 0 Å². The fourth-order valence-corrected chi connectivity index (χ4v) is 1.77. The van der Waals surface area contributed by atoms with E-state index in [1.54, 1.807) is 0 Å². The Labute approximate surface area is 70.1 Å². The van der Waals surface area contributed by atoms with Crippen LogP contribution in [0.3, 0.4) is 0 Å². The molecule has 1 heterocycles. The minimum absolute atomic E-state index is 0.157. The molecule has 1 N–H and O–H groups in total. The van der Waals surface area contributed by atoms with Crippen LogP contribution in [0.2, 0.25) is 0 Å². The first-order valence-corrected chi connectivity index (χ1v) is 3.90. The summed E-state index contributed by atoms with van der Waals surface area (Å²) in [5.41, 5.74) is 0.745. The molecule has 0 spiro atoms. The van der Waals surface area contributed by atoms with Gasteiger partial charge in [-0.15, -0.1) is 0 Å². The van der Waals surface area contributed by atoms with Gasteiger partial charge in [-0.2, -0.15) is 0 Å². The van der Waals surface area contributed by atoms with Crippen LogP contribution < -0.4 is 5.32 Å². The maximum absolute atomic E-state index is 11.2. The summed E-state index contributed by atoms with van der Waals surface area (Å²) in [5, 5.41) is 2.31. The summed E-state index contributed by atoms with van der Waals surface area (Å²) in [4.78, 5) is 22.4. The lowest BCUT2D eigenvalue weighted by Crippen LogP contribution is -2.22. The molecular formula is C9H9NO2. The van der Waals surface area contributed by atoms with Crippen molar-refractivity contribution >= 4 is 11.8 Å². The molecule has 0 bridgehead atoms. The lowest BCUT2D eigenvalue weighted by atomic mass is 9.82. The Morgan fingerprint density at radius 3 is 2.83 bits per heavy atom. The van der Waals surface area contributed by atoms with E-state index in [-0.39, 0.29) is 23.7 Å². The molecular weight excluding hydrogens is 154 g/mol. The highest BCUT2D eigenvalue weighted by molar-refractivity contribution is 6.07. The number of amides is 2. The van der Waals surface area contributed by atoms with E-state index < -0.39 is 0 Å². The fraction of sp³-hybridized carbons (Fsp3) is 0.333. The van der Waals surface area contributed by atoms with Gasteiger partial charge in [0.2, 0.25) is 11.8 Å². The predicted molar refractivity (Wildman–Crippen MR) is 43.0 cm³/mol. The number of hydrogen-bond acceptors (Lipinski definition) is 2. The average molecular weight is 163 g/mol. The Kier molecular flexibility index (Phi) is 1.40. The summed E-state index contributed by atoms with van der Waals surface area (Å²) < 4.78 is 0. The maximum atomic E-state index is 11.2. The molecule has 1 saturated heterocycles. The largest absolute Gasteiger partial charge is 0.296 e. The normalized spacial score (nSPS) is 33.5. The molecule has 2 unspecified atom stereocenters. The Hall–Kier alpha value is -1.38. The van der Waals surface area contributed by atoms with E-state index in [4.69, 9.17) is 0 Å². The molecule has 2 aliphatic rings. The molecule has 2 atom stereocenters. The number of allylic oxidation sites excluding steroid dienone is 2. The van der Waals surface area contributed by atoms with Gasteiger partial charge in [0, 0.05) is 0 Å². The van der Waals surface area contributed by atoms with E-state index in [1.807, 2.05) is 12.2 Å². The van der Waals surface area contributed by atoms with Crippen LogP contribution in [0.4, 0.5) is 0 Å². The van der Waals surface area contributed by atoms with E-state index in [9.17, 15) is 9.59 Å². The highest BCUT2D eigenvalue weighted by atomic mass is 16.2. The minimum atomic E-state index is -0.303. The fourth-order valence-electron chi connectivity index (χ4n) is 1.77. The van der Waals surface area contributed by atoms with Gasteiger partial charge >= 0.3 is 0 Å². The summed E-state index contributed by atoms with van der Waals surface area (Å²) in [7, 11) is 0. The Bertz CT molecular complexity index is 304. The van der Waals surface area contributed by atoms with Crippen LogP contribution in [0.25, 0.3) is 0 Å². The number of rotatable bonds is 0. The zero-order valence-corrected chi connectivity index (χ0v) is 6.54. The molecule has 62 valence electrons.